The quantitative estimate of drug-likeness (QED) is 0.417. The molecule has 3 N–H and O–H groups in total. The van der Waals surface area contributed by atoms with Gasteiger partial charge in [0, 0.05) is 57.2 Å². The van der Waals surface area contributed by atoms with Crippen molar-refractivity contribution < 1.29 is 47.2 Å². The van der Waals surface area contributed by atoms with Gasteiger partial charge >= 0.3 is 18.1 Å². The topological polar surface area (TPSA) is 138 Å². The Morgan fingerprint density at radius 1 is 1.22 bits per heavy atom. The summed E-state index contributed by atoms with van der Waals surface area (Å²) in [4.78, 5) is 38.9. The van der Waals surface area contributed by atoms with Gasteiger partial charge in [0.25, 0.3) is 0 Å². The monoisotopic (exact) mass is 587 g/mol. The van der Waals surface area contributed by atoms with Crippen LogP contribution in [-0.4, -0.2) is 83.0 Å². The number of nitrogens with zero attached hydrogens (tertiary/aromatic N) is 2. The summed E-state index contributed by atoms with van der Waals surface area (Å²) >= 11 is 0. The zero-order chi connectivity index (χ0) is 30.4. The number of amides is 1. The lowest BCUT2D eigenvalue weighted by molar-refractivity contribution is -0.146. The minimum absolute atomic E-state index is 0.00238. The van der Waals surface area contributed by atoms with E-state index in [0.717, 1.165) is 37.9 Å². The third-order valence-corrected chi connectivity index (χ3v) is 8.34. The number of methoxy groups -OCH3 is 1. The zero-order valence-electron chi connectivity index (χ0n) is 23.7. The highest BCUT2D eigenvalue weighted by Crippen LogP contribution is 2.47. The highest BCUT2D eigenvalue weighted by molar-refractivity contribution is 5.84. The summed E-state index contributed by atoms with van der Waals surface area (Å²) in [6.07, 6.45) is -0.412. The number of carbonyl (C=O) groups excluding carboxylic acids is 1. The summed E-state index contributed by atoms with van der Waals surface area (Å²) in [6.45, 7) is 6.09. The van der Waals surface area contributed by atoms with Crippen LogP contribution in [0.3, 0.4) is 0 Å². The van der Waals surface area contributed by atoms with Crippen molar-refractivity contribution in [3.05, 3.63) is 29.1 Å². The second-order valence-corrected chi connectivity index (χ2v) is 11.3. The SMILES string of the molecule is CO[C@H]1COCC[C@@H]1N[C@H]1CC[C@](C(=O)N2CCc3ncc(C(F)(F)F)cc3C2)(C(C)C)C1.O=C(O)CCC(=O)O. The highest BCUT2D eigenvalue weighted by atomic mass is 19.4. The van der Waals surface area contributed by atoms with E-state index in [4.69, 9.17) is 19.7 Å². The lowest BCUT2D eigenvalue weighted by Gasteiger charge is -2.40. The Kier molecular flexibility index (Phi) is 11.1. The average molecular weight is 588 g/mol. The number of hydrogen-bond acceptors (Lipinski definition) is 7. The van der Waals surface area contributed by atoms with Gasteiger partial charge in [-0.1, -0.05) is 13.8 Å². The molecule has 0 radical (unpaired) electrons. The van der Waals surface area contributed by atoms with Crippen LogP contribution in [0.15, 0.2) is 12.3 Å². The molecule has 1 saturated carbocycles. The fourth-order valence-corrected chi connectivity index (χ4v) is 5.90. The molecule has 10 nitrogen and oxygen atoms in total. The van der Waals surface area contributed by atoms with Crippen LogP contribution in [0.4, 0.5) is 13.2 Å². The fourth-order valence-electron chi connectivity index (χ4n) is 5.90. The van der Waals surface area contributed by atoms with Crippen LogP contribution in [0.1, 0.15) is 69.2 Å². The number of carboxylic acid groups (broad SMARTS) is 2. The molecule has 4 atom stereocenters. The first-order valence-corrected chi connectivity index (χ1v) is 13.9. The maximum absolute atomic E-state index is 13.8. The molecule has 1 aromatic rings. The van der Waals surface area contributed by atoms with E-state index < -0.39 is 29.1 Å². The van der Waals surface area contributed by atoms with Gasteiger partial charge in [0.05, 0.1) is 36.5 Å². The van der Waals surface area contributed by atoms with Crippen molar-refractivity contribution in [3.8, 4) is 0 Å². The van der Waals surface area contributed by atoms with Crippen molar-refractivity contribution in [1.29, 1.82) is 0 Å². The minimum Gasteiger partial charge on any atom is -0.481 e. The molecular formula is C28H40F3N3O7. The van der Waals surface area contributed by atoms with Crippen molar-refractivity contribution >= 4 is 17.8 Å². The van der Waals surface area contributed by atoms with E-state index in [-0.39, 0.29) is 49.4 Å². The summed E-state index contributed by atoms with van der Waals surface area (Å²) in [6, 6.07) is 1.55. The van der Waals surface area contributed by atoms with Crippen molar-refractivity contribution in [2.45, 2.75) is 89.7 Å². The molecule has 1 aromatic heterocycles. The Balaban J connectivity index is 0.000000507. The molecule has 1 aliphatic carbocycles. The van der Waals surface area contributed by atoms with Crippen molar-refractivity contribution in [1.82, 2.24) is 15.2 Å². The number of carbonyl (C=O) groups is 3. The van der Waals surface area contributed by atoms with E-state index in [9.17, 15) is 27.6 Å². The Morgan fingerprint density at radius 3 is 2.49 bits per heavy atom. The molecule has 2 aliphatic heterocycles. The van der Waals surface area contributed by atoms with E-state index in [1.807, 2.05) is 0 Å². The molecule has 3 aliphatic rings. The van der Waals surface area contributed by atoms with E-state index in [1.165, 1.54) is 0 Å². The molecule has 0 aromatic carbocycles. The van der Waals surface area contributed by atoms with Gasteiger partial charge in [0.15, 0.2) is 0 Å². The van der Waals surface area contributed by atoms with Gasteiger partial charge in [0.1, 0.15) is 0 Å². The smallest absolute Gasteiger partial charge is 0.417 e. The zero-order valence-corrected chi connectivity index (χ0v) is 23.7. The summed E-state index contributed by atoms with van der Waals surface area (Å²) in [5.41, 5.74) is -0.121. The van der Waals surface area contributed by atoms with Crippen molar-refractivity contribution in [3.63, 3.8) is 0 Å². The number of alkyl halides is 3. The first-order chi connectivity index (χ1) is 19.3. The predicted molar refractivity (Wildman–Crippen MR) is 141 cm³/mol. The van der Waals surface area contributed by atoms with E-state index >= 15 is 0 Å². The van der Waals surface area contributed by atoms with E-state index in [1.54, 1.807) is 12.0 Å². The molecule has 3 heterocycles. The number of ether oxygens (including phenoxy) is 2. The Hall–Kier alpha value is -2.77. The van der Waals surface area contributed by atoms with Gasteiger partial charge in [0.2, 0.25) is 5.91 Å². The van der Waals surface area contributed by atoms with Gasteiger partial charge in [-0.15, -0.1) is 0 Å². The largest absolute Gasteiger partial charge is 0.481 e. The third kappa shape index (κ3) is 8.39. The number of carboxylic acids is 2. The number of nitrogens with one attached hydrogen (secondary N) is 1. The summed E-state index contributed by atoms with van der Waals surface area (Å²) in [5.74, 6) is -1.97. The number of rotatable bonds is 8. The van der Waals surface area contributed by atoms with Gasteiger partial charge in [-0.25, -0.2) is 0 Å². The van der Waals surface area contributed by atoms with Crippen LogP contribution in [0, 0.1) is 11.3 Å². The summed E-state index contributed by atoms with van der Waals surface area (Å²) in [7, 11) is 1.69. The first kappa shape index (κ1) is 32.7. The summed E-state index contributed by atoms with van der Waals surface area (Å²) in [5, 5.41) is 19.5. The van der Waals surface area contributed by atoms with Crippen LogP contribution >= 0.6 is 0 Å². The van der Waals surface area contributed by atoms with Gasteiger partial charge in [-0.05, 0) is 43.2 Å². The number of aliphatic carboxylic acids is 2. The molecule has 0 unspecified atom stereocenters. The van der Waals surface area contributed by atoms with Crippen LogP contribution in [0.2, 0.25) is 0 Å². The Labute approximate surface area is 237 Å². The number of halogens is 3. The molecule has 13 heteroatoms. The Morgan fingerprint density at radius 2 is 1.90 bits per heavy atom. The molecule has 1 saturated heterocycles. The second kappa shape index (κ2) is 13.9. The molecule has 230 valence electrons. The Bertz CT molecular complexity index is 1070. The minimum atomic E-state index is -4.44. The van der Waals surface area contributed by atoms with Gasteiger partial charge < -0.3 is 29.9 Å². The van der Waals surface area contributed by atoms with Crippen LogP contribution in [-0.2, 0) is 43.0 Å². The molecule has 4 rings (SSSR count). The molecule has 41 heavy (non-hydrogen) atoms. The average Bonchev–Trinajstić information content (AvgIpc) is 3.36. The number of fused-ring (bicyclic) bond motifs is 1. The normalized spacial score (nSPS) is 26.2. The molecular weight excluding hydrogens is 547 g/mol. The second-order valence-electron chi connectivity index (χ2n) is 11.3. The van der Waals surface area contributed by atoms with Crippen LogP contribution in [0.5, 0.6) is 0 Å². The molecule has 1 amide bonds. The highest BCUT2D eigenvalue weighted by Gasteiger charge is 2.50. The predicted octanol–water partition coefficient (Wildman–Crippen LogP) is 3.51. The number of aromatic nitrogens is 1. The third-order valence-electron chi connectivity index (χ3n) is 8.34. The molecule has 0 bridgehead atoms. The molecule has 2 fully saturated rings. The number of pyridine rings is 1. The maximum atomic E-state index is 13.8. The fraction of sp³-hybridized carbons (Fsp3) is 0.714. The standard InChI is InChI=1S/C24H34F3N3O3.C4H6O4/c1-15(2)23(7-4-18(11-23)29-20-6-9-33-14-21(20)32-3)22(31)30-8-5-19-16(13-30)10-17(12-28-19)24(25,26)27;5-3(6)1-2-4(7)8/h10,12,15,18,20-21,29H,4-9,11,13-14H2,1-3H3;1-2H2,(H,5,6)(H,7,8)/t18-,20-,21-,23+;/m0./s1. The van der Waals surface area contributed by atoms with Crippen molar-refractivity contribution in [2.75, 3.05) is 26.9 Å². The van der Waals surface area contributed by atoms with Gasteiger partial charge in [-0.3, -0.25) is 19.4 Å². The summed E-state index contributed by atoms with van der Waals surface area (Å²) < 4.78 is 50.6. The first-order valence-electron chi connectivity index (χ1n) is 13.9. The number of hydrogen-bond donors (Lipinski definition) is 3. The van der Waals surface area contributed by atoms with E-state index in [0.29, 0.717) is 37.4 Å². The van der Waals surface area contributed by atoms with Crippen molar-refractivity contribution in [2.24, 2.45) is 11.3 Å². The van der Waals surface area contributed by atoms with Gasteiger partial charge in [-0.2, -0.15) is 13.2 Å². The lowest BCUT2D eigenvalue weighted by atomic mass is 9.74. The molecule has 0 spiro atoms. The lowest BCUT2D eigenvalue weighted by Crippen LogP contribution is -2.52. The van der Waals surface area contributed by atoms with Crippen LogP contribution in [0.25, 0.3) is 0 Å². The van der Waals surface area contributed by atoms with E-state index in [2.05, 4.69) is 24.1 Å². The maximum Gasteiger partial charge on any atom is 0.417 e. The van der Waals surface area contributed by atoms with Crippen LogP contribution < -0.4 is 5.32 Å².